The molecular weight excluding hydrogens is 262 g/mol. The predicted octanol–water partition coefficient (Wildman–Crippen LogP) is 1.88. The Bertz CT molecular complexity index is 464. The first-order chi connectivity index (χ1) is 9.06. The molecule has 1 aromatic rings. The molecule has 0 radical (unpaired) electrons. The van der Waals surface area contributed by atoms with E-state index >= 15 is 0 Å². The summed E-state index contributed by atoms with van der Waals surface area (Å²) in [4.78, 5) is 14.2. The molecule has 1 amide bonds. The van der Waals surface area contributed by atoms with Crippen molar-refractivity contribution in [1.82, 2.24) is 10.2 Å². The fourth-order valence-corrected chi connectivity index (χ4v) is 2.50. The smallest absolute Gasteiger partial charge is 0.238 e. The lowest BCUT2D eigenvalue weighted by Crippen LogP contribution is -2.51. The molecule has 1 saturated heterocycles. The van der Waals surface area contributed by atoms with Crippen LogP contribution in [0.1, 0.15) is 12.5 Å². The molecule has 5 heteroatoms. The number of carbonyl (C=O) groups is 1. The highest BCUT2D eigenvalue weighted by atomic mass is 35.5. The topological polar surface area (TPSA) is 44.4 Å². The third-order valence-electron chi connectivity index (χ3n) is 3.38. The van der Waals surface area contributed by atoms with Gasteiger partial charge in [0.25, 0.3) is 0 Å². The number of benzene rings is 1. The summed E-state index contributed by atoms with van der Waals surface area (Å²) in [5.74, 6) is -0.0143. The van der Waals surface area contributed by atoms with Crippen molar-refractivity contribution in [3.63, 3.8) is 0 Å². The first kappa shape index (κ1) is 14.3. The van der Waals surface area contributed by atoms with Gasteiger partial charge in [0.05, 0.1) is 17.3 Å². The van der Waals surface area contributed by atoms with Crippen molar-refractivity contribution in [1.29, 1.82) is 0 Å². The van der Waals surface area contributed by atoms with Crippen LogP contribution < -0.4 is 10.6 Å². The van der Waals surface area contributed by atoms with Crippen LogP contribution in [0.2, 0.25) is 5.02 Å². The molecule has 1 aliphatic heterocycles. The van der Waals surface area contributed by atoms with E-state index in [0.29, 0.717) is 23.3 Å². The largest absolute Gasteiger partial charge is 0.324 e. The highest BCUT2D eigenvalue weighted by Crippen LogP contribution is 2.22. The van der Waals surface area contributed by atoms with Crippen LogP contribution in [0.15, 0.2) is 18.2 Å². The summed E-state index contributed by atoms with van der Waals surface area (Å²) in [6.07, 6.45) is 0. The number of halogens is 1. The third-order valence-corrected chi connectivity index (χ3v) is 3.70. The highest BCUT2D eigenvalue weighted by molar-refractivity contribution is 6.33. The molecule has 1 heterocycles. The number of amides is 1. The summed E-state index contributed by atoms with van der Waals surface area (Å²) in [6, 6.07) is 6.02. The summed E-state index contributed by atoms with van der Waals surface area (Å²) >= 11 is 6.11. The second-order valence-corrected chi connectivity index (χ2v) is 5.46. The minimum absolute atomic E-state index is 0.0143. The first-order valence-electron chi connectivity index (χ1n) is 6.57. The minimum Gasteiger partial charge on any atom is -0.324 e. The Balaban J connectivity index is 1.93. The van der Waals surface area contributed by atoms with Gasteiger partial charge < -0.3 is 10.6 Å². The molecule has 19 heavy (non-hydrogen) atoms. The van der Waals surface area contributed by atoms with Crippen molar-refractivity contribution < 1.29 is 4.79 Å². The molecule has 1 aliphatic rings. The molecule has 104 valence electrons. The number of rotatable bonds is 3. The molecular formula is C14H20ClN3O. The van der Waals surface area contributed by atoms with Gasteiger partial charge in [-0.25, -0.2) is 0 Å². The summed E-state index contributed by atoms with van der Waals surface area (Å²) in [5, 5.41) is 6.77. The van der Waals surface area contributed by atoms with Crippen LogP contribution in [-0.2, 0) is 4.79 Å². The number of anilines is 1. The van der Waals surface area contributed by atoms with E-state index in [2.05, 4.69) is 22.5 Å². The Morgan fingerprint density at radius 1 is 1.58 bits per heavy atom. The Hall–Kier alpha value is -1.10. The van der Waals surface area contributed by atoms with Gasteiger partial charge in [-0.3, -0.25) is 9.69 Å². The average molecular weight is 282 g/mol. The molecule has 1 atom stereocenters. The van der Waals surface area contributed by atoms with Crippen LogP contribution in [0.25, 0.3) is 0 Å². The maximum absolute atomic E-state index is 12.0. The molecule has 2 N–H and O–H groups in total. The maximum Gasteiger partial charge on any atom is 0.238 e. The third kappa shape index (κ3) is 3.93. The van der Waals surface area contributed by atoms with E-state index in [1.165, 1.54) is 0 Å². The lowest BCUT2D eigenvalue weighted by molar-refractivity contribution is -0.118. The zero-order valence-corrected chi connectivity index (χ0v) is 12.1. The molecule has 1 aromatic carbocycles. The Kier molecular flexibility index (Phi) is 4.80. The Morgan fingerprint density at radius 3 is 3.05 bits per heavy atom. The van der Waals surface area contributed by atoms with Crippen LogP contribution in [0.3, 0.4) is 0 Å². The van der Waals surface area contributed by atoms with Crippen molar-refractivity contribution in [3.05, 3.63) is 28.8 Å². The van der Waals surface area contributed by atoms with Crippen molar-refractivity contribution in [2.45, 2.75) is 19.9 Å². The summed E-state index contributed by atoms with van der Waals surface area (Å²) in [6.45, 7) is 7.27. The monoisotopic (exact) mass is 281 g/mol. The predicted molar refractivity (Wildman–Crippen MR) is 78.7 cm³/mol. The molecule has 2 rings (SSSR count). The standard InChI is InChI=1S/C14H20ClN3O/c1-10-3-4-13(12(15)7-10)17-14(19)9-18-6-5-16-8-11(18)2/h3-4,7,11,16H,5-6,8-9H2,1-2H3,(H,17,19)/t11-/m1/s1. The van der Waals surface area contributed by atoms with Crippen LogP contribution in [0, 0.1) is 6.92 Å². The van der Waals surface area contributed by atoms with Crippen molar-refractivity contribution in [2.24, 2.45) is 0 Å². The number of hydrogen-bond donors (Lipinski definition) is 2. The van der Waals surface area contributed by atoms with Gasteiger partial charge in [-0.1, -0.05) is 17.7 Å². The molecule has 1 fully saturated rings. The van der Waals surface area contributed by atoms with E-state index in [-0.39, 0.29) is 5.91 Å². The van der Waals surface area contributed by atoms with Crippen molar-refractivity contribution >= 4 is 23.2 Å². The van der Waals surface area contributed by atoms with E-state index in [9.17, 15) is 4.79 Å². The zero-order chi connectivity index (χ0) is 13.8. The lowest BCUT2D eigenvalue weighted by Gasteiger charge is -2.33. The van der Waals surface area contributed by atoms with E-state index in [1.54, 1.807) is 0 Å². The van der Waals surface area contributed by atoms with E-state index in [4.69, 9.17) is 11.6 Å². The summed E-state index contributed by atoms with van der Waals surface area (Å²) < 4.78 is 0. The van der Waals surface area contributed by atoms with Gasteiger partial charge in [-0.2, -0.15) is 0 Å². The molecule has 0 unspecified atom stereocenters. The van der Waals surface area contributed by atoms with Gasteiger partial charge in [-0.05, 0) is 31.5 Å². The number of nitrogens with one attached hydrogen (secondary N) is 2. The number of aryl methyl sites for hydroxylation is 1. The number of hydrogen-bond acceptors (Lipinski definition) is 3. The minimum atomic E-state index is -0.0143. The van der Waals surface area contributed by atoms with Crippen LogP contribution in [0.5, 0.6) is 0 Å². The zero-order valence-electron chi connectivity index (χ0n) is 11.4. The van der Waals surface area contributed by atoms with Gasteiger partial charge in [0, 0.05) is 25.7 Å². The Morgan fingerprint density at radius 2 is 2.37 bits per heavy atom. The molecule has 0 bridgehead atoms. The fraction of sp³-hybridized carbons (Fsp3) is 0.500. The SMILES string of the molecule is Cc1ccc(NC(=O)CN2CCNC[C@H]2C)c(Cl)c1. The summed E-state index contributed by atoms with van der Waals surface area (Å²) in [5.41, 5.74) is 1.76. The maximum atomic E-state index is 12.0. The van der Waals surface area contributed by atoms with Gasteiger partial charge in [-0.15, -0.1) is 0 Å². The molecule has 0 aromatic heterocycles. The average Bonchev–Trinajstić information content (AvgIpc) is 2.36. The quantitative estimate of drug-likeness (QED) is 0.889. The highest BCUT2D eigenvalue weighted by Gasteiger charge is 2.20. The Labute approximate surface area is 119 Å². The molecule has 0 spiro atoms. The van der Waals surface area contributed by atoms with E-state index < -0.39 is 0 Å². The van der Waals surface area contributed by atoms with Crippen LogP contribution >= 0.6 is 11.6 Å². The molecule has 0 saturated carbocycles. The van der Waals surface area contributed by atoms with Gasteiger partial charge in [0.2, 0.25) is 5.91 Å². The van der Waals surface area contributed by atoms with Gasteiger partial charge >= 0.3 is 0 Å². The van der Waals surface area contributed by atoms with Gasteiger partial charge in [0.1, 0.15) is 0 Å². The van der Waals surface area contributed by atoms with Gasteiger partial charge in [0.15, 0.2) is 0 Å². The van der Waals surface area contributed by atoms with Crippen LogP contribution in [0.4, 0.5) is 5.69 Å². The second kappa shape index (κ2) is 6.37. The van der Waals surface area contributed by atoms with Crippen molar-refractivity contribution in [3.8, 4) is 0 Å². The van der Waals surface area contributed by atoms with Crippen LogP contribution in [-0.4, -0.2) is 43.0 Å². The van der Waals surface area contributed by atoms with Crippen molar-refractivity contribution in [2.75, 3.05) is 31.5 Å². The second-order valence-electron chi connectivity index (χ2n) is 5.06. The number of piperazine rings is 1. The number of nitrogens with zero attached hydrogens (tertiary/aromatic N) is 1. The lowest BCUT2D eigenvalue weighted by atomic mass is 10.2. The molecule has 4 nitrogen and oxygen atoms in total. The fourth-order valence-electron chi connectivity index (χ4n) is 2.21. The summed E-state index contributed by atoms with van der Waals surface area (Å²) in [7, 11) is 0. The number of carbonyl (C=O) groups excluding carboxylic acids is 1. The molecule has 0 aliphatic carbocycles. The van der Waals surface area contributed by atoms with E-state index in [1.807, 2.05) is 25.1 Å². The normalized spacial score (nSPS) is 20.3. The first-order valence-corrected chi connectivity index (χ1v) is 6.95. The van der Waals surface area contributed by atoms with E-state index in [0.717, 1.165) is 25.2 Å².